The summed E-state index contributed by atoms with van der Waals surface area (Å²) in [4.78, 5) is 0. The molecule has 32 heavy (non-hydrogen) atoms. The maximum Gasteiger partial charge on any atom is 0.241 e. The molecule has 3 heteroatoms. The summed E-state index contributed by atoms with van der Waals surface area (Å²) in [6.45, 7) is 18.4. The second-order valence-electron chi connectivity index (χ2n) is 11.5. The highest BCUT2D eigenvalue weighted by atomic mass is 28.4. The van der Waals surface area contributed by atoms with E-state index in [0.717, 1.165) is 0 Å². The first-order valence-electron chi connectivity index (χ1n) is 11.7. The van der Waals surface area contributed by atoms with Crippen LogP contribution in [0.1, 0.15) is 52.7 Å². The number of benzene rings is 3. The monoisotopic (exact) mass is 442 g/mol. The van der Waals surface area contributed by atoms with Crippen LogP contribution in [0.15, 0.2) is 72.8 Å². The summed E-state index contributed by atoms with van der Waals surface area (Å²) in [6, 6.07) is 27.4. The van der Waals surface area contributed by atoms with Crippen molar-refractivity contribution in [1.82, 2.24) is 0 Å². The van der Waals surface area contributed by atoms with Gasteiger partial charge in [0.05, 0.1) is 0 Å². The van der Waals surface area contributed by atoms with E-state index in [0.29, 0.717) is 0 Å². The SMILES string of the molecule is CO[Si](C)(C)c1ccccc1B(c1ccc(C(C)(C)C)cc1)c1ccc(C(C)(C)C)cc1. The third-order valence-corrected chi connectivity index (χ3v) is 9.42. The first-order valence-corrected chi connectivity index (χ1v) is 14.6. The predicted molar refractivity (Wildman–Crippen MR) is 146 cm³/mol. The Balaban J connectivity index is 2.20. The van der Waals surface area contributed by atoms with Crippen LogP contribution in [0.25, 0.3) is 0 Å². The second-order valence-corrected chi connectivity index (χ2v) is 15.4. The van der Waals surface area contributed by atoms with Gasteiger partial charge in [-0.1, -0.05) is 131 Å². The molecule has 0 aliphatic rings. The van der Waals surface area contributed by atoms with Crippen LogP contribution in [-0.2, 0) is 15.3 Å². The fraction of sp³-hybridized carbons (Fsp3) is 0.379. The lowest BCUT2D eigenvalue weighted by atomic mass is 9.36. The van der Waals surface area contributed by atoms with Crippen LogP contribution >= 0.6 is 0 Å². The molecular weight excluding hydrogens is 403 g/mol. The molecule has 168 valence electrons. The van der Waals surface area contributed by atoms with Crippen molar-refractivity contribution in [2.45, 2.75) is 65.5 Å². The first kappa shape index (κ1) is 24.5. The first-order chi connectivity index (χ1) is 14.8. The van der Waals surface area contributed by atoms with E-state index in [1.54, 1.807) is 0 Å². The summed E-state index contributed by atoms with van der Waals surface area (Å²) < 4.78 is 6.05. The highest BCUT2D eigenvalue weighted by molar-refractivity contribution is 7.00. The minimum absolute atomic E-state index is 0.144. The molecule has 0 saturated heterocycles. The number of rotatable bonds is 5. The van der Waals surface area contributed by atoms with Gasteiger partial charge in [0, 0.05) is 7.11 Å². The van der Waals surface area contributed by atoms with E-state index in [-0.39, 0.29) is 17.5 Å². The minimum Gasteiger partial charge on any atom is -0.416 e. The van der Waals surface area contributed by atoms with Crippen LogP contribution in [-0.4, -0.2) is 22.1 Å². The summed E-state index contributed by atoms with van der Waals surface area (Å²) in [5.74, 6) is 0. The summed E-state index contributed by atoms with van der Waals surface area (Å²) >= 11 is 0. The third-order valence-electron chi connectivity index (χ3n) is 6.65. The van der Waals surface area contributed by atoms with E-state index in [2.05, 4.69) is 127 Å². The molecule has 0 fully saturated rings. The van der Waals surface area contributed by atoms with Gasteiger partial charge in [0.2, 0.25) is 15.0 Å². The van der Waals surface area contributed by atoms with Crippen molar-refractivity contribution in [2.24, 2.45) is 0 Å². The Morgan fingerprint density at radius 1 is 0.625 bits per heavy atom. The van der Waals surface area contributed by atoms with E-state index in [1.165, 1.54) is 32.7 Å². The van der Waals surface area contributed by atoms with E-state index in [9.17, 15) is 0 Å². The molecule has 0 atom stereocenters. The molecule has 0 heterocycles. The van der Waals surface area contributed by atoms with Gasteiger partial charge >= 0.3 is 0 Å². The normalized spacial score (nSPS) is 12.7. The van der Waals surface area contributed by atoms with E-state index in [1.807, 2.05) is 7.11 Å². The molecule has 3 aromatic rings. The molecule has 1 nitrogen and oxygen atoms in total. The van der Waals surface area contributed by atoms with Crippen LogP contribution in [0.3, 0.4) is 0 Å². The standard InChI is InChI=1S/C29H39BOSi/c1-28(2,3)22-14-18-24(19-15-22)30(25-20-16-23(17-21-25)29(4,5)6)26-12-10-11-13-27(26)32(8,9)31-7/h10-21H,1-9H3. The van der Waals surface area contributed by atoms with Crippen molar-refractivity contribution in [3.05, 3.63) is 83.9 Å². The molecule has 0 bridgehead atoms. The zero-order valence-corrected chi connectivity index (χ0v) is 22.4. The van der Waals surface area contributed by atoms with Gasteiger partial charge in [0.25, 0.3) is 0 Å². The summed E-state index contributed by atoms with van der Waals surface area (Å²) in [5.41, 5.74) is 7.03. The predicted octanol–water partition coefficient (Wildman–Crippen LogP) is 4.86. The lowest BCUT2D eigenvalue weighted by Crippen LogP contribution is -2.63. The van der Waals surface area contributed by atoms with Gasteiger partial charge in [0.1, 0.15) is 0 Å². The zero-order valence-electron chi connectivity index (χ0n) is 21.4. The Morgan fingerprint density at radius 2 is 1.03 bits per heavy atom. The largest absolute Gasteiger partial charge is 0.416 e. The molecule has 0 unspecified atom stereocenters. The molecule has 0 saturated carbocycles. The average Bonchev–Trinajstić information content (AvgIpc) is 2.74. The van der Waals surface area contributed by atoms with E-state index < -0.39 is 8.32 Å². The lowest BCUT2D eigenvalue weighted by Gasteiger charge is -2.28. The fourth-order valence-electron chi connectivity index (χ4n) is 4.31. The smallest absolute Gasteiger partial charge is 0.241 e. The molecule has 0 aliphatic carbocycles. The molecule has 0 amide bonds. The van der Waals surface area contributed by atoms with Crippen molar-refractivity contribution >= 4 is 36.6 Å². The van der Waals surface area contributed by atoms with Crippen molar-refractivity contribution in [3.63, 3.8) is 0 Å². The molecule has 0 aromatic heterocycles. The Kier molecular flexibility index (Phi) is 6.93. The zero-order chi connectivity index (χ0) is 23.7. The van der Waals surface area contributed by atoms with Crippen molar-refractivity contribution in [3.8, 4) is 0 Å². The maximum absolute atomic E-state index is 6.05. The summed E-state index contributed by atoms with van der Waals surface area (Å²) in [7, 11) is -0.153. The Bertz CT molecular complexity index is 981. The average molecular weight is 443 g/mol. The highest BCUT2D eigenvalue weighted by Crippen LogP contribution is 2.22. The fourth-order valence-corrected chi connectivity index (χ4v) is 5.95. The van der Waals surface area contributed by atoms with Crippen molar-refractivity contribution < 1.29 is 4.43 Å². The Hall–Kier alpha value is -2.10. The molecule has 3 rings (SSSR count). The van der Waals surface area contributed by atoms with Crippen LogP contribution in [0.2, 0.25) is 13.1 Å². The van der Waals surface area contributed by atoms with Gasteiger partial charge in [-0.05, 0) is 40.2 Å². The number of hydrogen-bond acceptors (Lipinski definition) is 1. The van der Waals surface area contributed by atoms with Crippen LogP contribution in [0.5, 0.6) is 0 Å². The van der Waals surface area contributed by atoms with Gasteiger partial charge in [-0.25, -0.2) is 0 Å². The minimum atomic E-state index is -2.01. The van der Waals surface area contributed by atoms with Gasteiger partial charge in [-0.15, -0.1) is 0 Å². The van der Waals surface area contributed by atoms with Gasteiger partial charge in [0.15, 0.2) is 0 Å². The summed E-state index contributed by atoms with van der Waals surface area (Å²) in [6.07, 6.45) is 0. The van der Waals surface area contributed by atoms with Crippen LogP contribution in [0.4, 0.5) is 0 Å². The van der Waals surface area contributed by atoms with Gasteiger partial charge < -0.3 is 4.43 Å². The van der Waals surface area contributed by atoms with E-state index in [4.69, 9.17) is 4.43 Å². The van der Waals surface area contributed by atoms with E-state index >= 15 is 0 Å². The van der Waals surface area contributed by atoms with Crippen molar-refractivity contribution in [1.29, 1.82) is 0 Å². The molecule has 3 aromatic carbocycles. The number of hydrogen-bond donors (Lipinski definition) is 0. The van der Waals surface area contributed by atoms with Gasteiger partial charge in [-0.3, -0.25) is 0 Å². The second kappa shape index (κ2) is 9.04. The van der Waals surface area contributed by atoms with Crippen LogP contribution in [0, 0.1) is 0 Å². The highest BCUT2D eigenvalue weighted by Gasteiger charge is 2.32. The Labute approximate surface area is 197 Å². The quantitative estimate of drug-likeness (QED) is 0.513. The Morgan fingerprint density at radius 3 is 1.41 bits per heavy atom. The lowest BCUT2D eigenvalue weighted by molar-refractivity contribution is 0.416. The topological polar surface area (TPSA) is 9.23 Å². The molecule has 0 spiro atoms. The van der Waals surface area contributed by atoms with Crippen LogP contribution < -0.4 is 21.6 Å². The third kappa shape index (κ3) is 5.27. The molecular formula is C29H39BOSi. The molecule has 0 aliphatic heterocycles. The van der Waals surface area contributed by atoms with Gasteiger partial charge in [-0.2, -0.15) is 0 Å². The summed E-state index contributed by atoms with van der Waals surface area (Å²) in [5, 5.41) is 1.37. The maximum atomic E-state index is 6.05. The van der Waals surface area contributed by atoms with Crippen molar-refractivity contribution in [2.75, 3.05) is 7.11 Å². The molecule has 0 radical (unpaired) electrons. The molecule has 0 N–H and O–H groups in total.